The molecule has 2 aliphatic heterocycles. The molecular weight excluding hydrogens is 370 g/mol. The molecule has 3 aliphatic rings. The molecule has 0 amide bonds. The molecule has 0 spiro atoms. The number of likely N-dealkylation sites (tertiary alicyclic amines) is 1. The number of aromatic nitrogens is 2. The molecule has 4 unspecified atom stereocenters. The van der Waals surface area contributed by atoms with E-state index in [9.17, 15) is 0 Å². The van der Waals surface area contributed by atoms with Crippen LogP contribution in [0.1, 0.15) is 65.7 Å². The highest BCUT2D eigenvalue weighted by Gasteiger charge is 2.32. The minimum atomic E-state index is 0.601. The van der Waals surface area contributed by atoms with Gasteiger partial charge in [-0.1, -0.05) is 38.3 Å². The van der Waals surface area contributed by atoms with Gasteiger partial charge in [0.2, 0.25) is 5.95 Å². The van der Waals surface area contributed by atoms with Gasteiger partial charge in [-0.3, -0.25) is 4.90 Å². The summed E-state index contributed by atoms with van der Waals surface area (Å²) in [4.78, 5) is 14.5. The van der Waals surface area contributed by atoms with E-state index in [1.54, 1.807) is 5.57 Å². The SMILES string of the molecule is CC1=CC(C)C(C)C(CN2CCCC2CNc2nccc(N3CCCCCC3)n2)C1. The number of hydrogen-bond donors (Lipinski definition) is 1. The van der Waals surface area contributed by atoms with Crippen LogP contribution in [-0.4, -0.2) is 53.6 Å². The average molecular weight is 412 g/mol. The van der Waals surface area contributed by atoms with E-state index in [0.717, 1.165) is 43.2 Å². The molecule has 5 heteroatoms. The van der Waals surface area contributed by atoms with E-state index in [2.05, 4.69) is 53.0 Å². The van der Waals surface area contributed by atoms with Crippen LogP contribution >= 0.6 is 0 Å². The monoisotopic (exact) mass is 411 g/mol. The third-order valence-corrected chi connectivity index (χ3v) is 7.74. The van der Waals surface area contributed by atoms with Gasteiger partial charge in [0.25, 0.3) is 0 Å². The molecule has 0 bridgehead atoms. The maximum atomic E-state index is 4.85. The van der Waals surface area contributed by atoms with Gasteiger partial charge in [0.15, 0.2) is 0 Å². The summed E-state index contributed by atoms with van der Waals surface area (Å²) < 4.78 is 0. The zero-order valence-corrected chi connectivity index (χ0v) is 19.3. The average Bonchev–Trinajstić information content (AvgIpc) is 3.00. The minimum Gasteiger partial charge on any atom is -0.356 e. The normalized spacial score (nSPS) is 30.8. The van der Waals surface area contributed by atoms with E-state index in [1.807, 2.05) is 6.20 Å². The van der Waals surface area contributed by atoms with Gasteiger partial charge in [-0.25, -0.2) is 4.98 Å². The molecule has 4 rings (SSSR count). The van der Waals surface area contributed by atoms with Crippen molar-refractivity contribution in [1.82, 2.24) is 14.9 Å². The van der Waals surface area contributed by atoms with Gasteiger partial charge < -0.3 is 10.2 Å². The third kappa shape index (κ3) is 5.35. The van der Waals surface area contributed by atoms with Crippen molar-refractivity contribution in [2.24, 2.45) is 17.8 Å². The van der Waals surface area contributed by atoms with Crippen molar-refractivity contribution in [2.75, 3.05) is 42.9 Å². The van der Waals surface area contributed by atoms with Crippen molar-refractivity contribution in [1.29, 1.82) is 0 Å². The number of nitrogens with one attached hydrogen (secondary N) is 1. The highest BCUT2D eigenvalue weighted by molar-refractivity contribution is 5.42. The smallest absolute Gasteiger partial charge is 0.224 e. The molecule has 0 radical (unpaired) electrons. The predicted octanol–water partition coefficient (Wildman–Crippen LogP) is 4.97. The zero-order valence-electron chi connectivity index (χ0n) is 19.3. The highest BCUT2D eigenvalue weighted by atomic mass is 15.2. The second-order valence-corrected chi connectivity index (χ2v) is 10.0. The van der Waals surface area contributed by atoms with E-state index in [-0.39, 0.29) is 0 Å². The van der Waals surface area contributed by atoms with E-state index in [1.165, 1.54) is 58.0 Å². The summed E-state index contributed by atoms with van der Waals surface area (Å²) in [7, 11) is 0. The third-order valence-electron chi connectivity index (χ3n) is 7.74. The summed E-state index contributed by atoms with van der Waals surface area (Å²) in [5, 5.41) is 3.58. The molecule has 0 aromatic carbocycles. The van der Waals surface area contributed by atoms with Gasteiger partial charge in [-0.2, -0.15) is 4.98 Å². The summed E-state index contributed by atoms with van der Waals surface area (Å²) in [5.41, 5.74) is 1.58. The first-order valence-corrected chi connectivity index (χ1v) is 12.3. The molecule has 3 heterocycles. The quantitative estimate of drug-likeness (QED) is 0.670. The number of nitrogens with zero attached hydrogens (tertiary/aromatic N) is 4. The molecular formula is C25H41N5. The summed E-state index contributed by atoms with van der Waals surface area (Å²) in [5.74, 6) is 4.15. The Morgan fingerprint density at radius 2 is 1.87 bits per heavy atom. The molecule has 1 aromatic heterocycles. The summed E-state index contributed by atoms with van der Waals surface area (Å²) in [6, 6.07) is 2.67. The molecule has 4 atom stereocenters. The van der Waals surface area contributed by atoms with Crippen LogP contribution < -0.4 is 10.2 Å². The lowest BCUT2D eigenvalue weighted by Gasteiger charge is -2.37. The van der Waals surface area contributed by atoms with Gasteiger partial charge in [0.1, 0.15) is 5.82 Å². The number of rotatable bonds is 6. The first-order valence-electron chi connectivity index (χ1n) is 12.3. The minimum absolute atomic E-state index is 0.601. The first kappa shape index (κ1) is 21.6. The topological polar surface area (TPSA) is 44.3 Å². The van der Waals surface area contributed by atoms with Crippen LogP contribution in [0.4, 0.5) is 11.8 Å². The lowest BCUT2D eigenvalue weighted by molar-refractivity contribution is 0.163. The maximum Gasteiger partial charge on any atom is 0.224 e. The van der Waals surface area contributed by atoms with Crippen molar-refractivity contribution in [3.63, 3.8) is 0 Å². The van der Waals surface area contributed by atoms with Gasteiger partial charge in [-0.05, 0) is 69.4 Å². The van der Waals surface area contributed by atoms with Gasteiger partial charge >= 0.3 is 0 Å². The Morgan fingerprint density at radius 1 is 1.07 bits per heavy atom. The standard InChI is InChI=1S/C25H41N5/c1-19-15-20(2)21(3)22(16-19)18-30-14-8-9-23(30)17-27-25-26-11-10-24(28-25)29-12-6-4-5-7-13-29/h10-11,15,20-23H,4-9,12-14,16-18H2,1-3H3,(H,26,27,28). The van der Waals surface area contributed by atoms with Crippen LogP contribution in [0.2, 0.25) is 0 Å². The largest absolute Gasteiger partial charge is 0.356 e. The maximum absolute atomic E-state index is 4.85. The lowest BCUT2D eigenvalue weighted by atomic mass is 9.75. The number of allylic oxidation sites excluding steroid dienone is 2. The van der Waals surface area contributed by atoms with Crippen LogP contribution in [0.5, 0.6) is 0 Å². The van der Waals surface area contributed by atoms with E-state index in [0.29, 0.717) is 12.0 Å². The molecule has 2 fully saturated rings. The molecule has 166 valence electrons. The summed E-state index contributed by atoms with van der Waals surface area (Å²) >= 11 is 0. The Labute approximate surface area is 183 Å². The Hall–Kier alpha value is -1.62. The fourth-order valence-corrected chi connectivity index (χ4v) is 5.72. The fraction of sp³-hybridized carbons (Fsp3) is 0.760. The van der Waals surface area contributed by atoms with Crippen LogP contribution in [0.3, 0.4) is 0 Å². The Morgan fingerprint density at radius 3 is 2.67 bits per heavy atom. The number of hydrogen-bond acceptors (Lipinski definition) is 5. The van der Waals surface area contributed by atoms with Crippen molar-refractivity contribution in [2.45, 2.75) is 71.8 Å². The van der Waals surface area contributed by atoms with E-state index >= 15 is 0 Å². The molecule has 0 saturated carbocycles. The van der Waals surface area contributed by atoms with Crippen LogP contribution in [0.25, 0.3) is 0 Å². The first-order chi connectivity index (χ1) is 14.6. The molecule has 1 N–H and O–H groups in total. The Bertz CT molecular complexity index is 709. The second-order valence-electron chi connectivity index (χ2n) is 10.0. The molecule has 1 aliphatic carbocycles. The van der Waals surface area contributed by atoms with Crippen molar-refractivity contribution in [3.8, 4) is 0 Å². The summed E-state index contributed by atoms with van der Waals surface area (Å²) in [6.45, 7) is 12.8. The second kappa shape index (κ2) is 10.1. The molecule has 30 heavy (non-hydrogen) atoms. The van der Waals surface area contributed by atoms with Crippen molar-refractivity contribution < 1.29 is 0 Å². The van der Waals surface area contributed by atoms with Crippen LogP contribution in [-0.2, 0) is 0 Å². The molecule has 5 nitrogen and oxygen atoms in total. The lowest BCUT2D eigenvalue weighted by Crippen LogP contribution is -2.41. The van der Waals surface area contributed by atoms with E-state index in [4.69, 9.17) is 4.98 Å². The Balaban J connectivity index is 1.33. The molecule has 2 saturated heterocycles. The zero-order chi connectivity index (χ0) is 20.9. The predicted molar refractivity (Wildman–Crippen MR) is 126 cm³/mol. The Kier molecular flexibility index (Phi) is 7.29. The fourth-order valence-electron chi connectivity index (χ4n) is 5.72. The summed E-state index contributed by atoms with van der Waals surface area (Å²) in [6.07, 6.45) is 13.5. The van der Waals surface area contributed by atoms with Crippen LogP contribution in [0, 0.1) is 17.8 Å². The van der Waals surface area contributed by atoms with Crippen LogP contribution in [0.15, 0.2) is 23.9 Å². The highest BCUT2D eigenvalue weighted by Crippen LogP contribution is 2.35. The van der Waals surface area contributed by atoms with E-state index < -0.39 is 0 Å². The van der Waals surface area contributed by atoms with Gasteiger partial charge in [0, 0.05) is 38.4 Å². The molecule has 1 aromatic rings. The van der Waals surface area contributed by atoms with Crippen molar-refractivity contribution >= 4 is 11.8 Å². The number of anilines is 2. The van der Waals surface area contributed by atoms with Gasteiger partial charge in [0.05, 0.1) is 0 Å². The van der Waals surface area contributed by atoms with Gasteiger partial charge in [-0.15, -0.1) is 0 Å². The van der Waals surface area contributed by atoms with Crippen molar-refractivity contribution in [3.05, 3.63) is 23.9 Å².